The molecule has 0 spiro atoms. The zero-order valence-electron chi connectivity index (χ0n) is 12.4. The van der Waals surface area contributed by atoms with Crippen LogP contribution in [-0.4, -0.2) is 67.3 Å². The van der Waals surface area contributed by atoms with E-state index >= 15 is 0 Å². The van der Waals surface area contributed by atoms with Crippen LogP contribution in [0, 0.1) is 5.92 Å². The molecule has 6 heteroatoms. The van der Waals surface area contributed by atoms with Gasteiger partial charge < -0.3 is 5.32 Å². The van der Waals surface area contributed by atoms with Crippen LogP contribution in [0.2, 0.25) is 0 Å². The predicted molar refractivity (Wildman–Crippen MR) is 73.7 cm³/mol. The van der Waals surface area contributed by atoms with E-state index in [1.54, 1.807) is 0 Å². The molecule has 2 aliphatic rings. The standard InChI is InChI=1S/C14H26F3N3/c1-11(2)20-6-4-13(9-20)18-7-12-3-5-19(8-12)10-14(15,16)17/h11-13,18H,3-10H2,1-2H3. The quantitative estimate of drug-likeness (QED) is 0.836. The van der Waals surface area contributed by atoms with Gasteiger partial charge in [0.25, 0.3) is 0 Å². The first-order valence-electron chi connectivity index (χ1n) is 7.60. The van der Waals surface area contributed by atoms with Gasteiger partial charge in [0, 0.05) is 25.2 Å². The summed E-state index contributed by atoms with van der Waals surface area (Å²) >= 11 is 0. The summed E-state index contributed by atoms with van der Waals surface area (Å²) in [5.41, 5.74) is 0. The normalized spacial score (nSPS) is 29.7. The summed E-state index contributed by atoms with van der Waals surface area (Å²) < 4.78 is 37.0. The van der Waals surface area contributed by atoms with Gasteiger partial charge in [-0.3, -0.25) is 9.80 Å². The molecule has 2 aliphatic heterocycles. The Bertz CT molecular complexity index is 307. The molecular formula is C14H26F3N3. The van der Waals surface area contributed by atoms with Gasteiger partial charge in [0.15, 0.2) is 0 Å². The number of likely N-dealkylation sites (tertiary alicyclic amines) is 2. The van der Waals surface area contributed by atoms with Crippen LogP contribution in [0.4, 0.5) is 13.2 Å². The van der Waals surface area contributed by atoms with Gasteiger partial charge in [0.05, 0.1) is 6.54 Å². The van der Waals surface area contributed by atoms with Crippen molar-refractivity contribution in [2.45, 2.75) is 44.9 Å². The molecule has 2 atom stereocenters. The first-order valence-corrected chi connectivity index (χ1v) is 7.60. The fraction of sp³-hybridized carbons (Fsp3) is 1.00. The van der Waals surface area contributed by atoms with Gasteiger partial charge in [-0.2, -0.15) is 13.2 Å². The van der Waals surface area contributed by atoms with Crippen LogP contribution in [-0.2, 0) is 0 Å². The summed E-state index contributed by atoms with van der Waals surface area (Å²) in [4.78, 5) is 3.98. The number of halogens is 3. The maximum absolute atomic E-state index is 12.3. The first-order chi connectivity index (χ1) is 9.33. The Kier molecular flexibility index (Phi) is 5.31. The minimum Gasteiger partial charge on any atom is -0.312 e. The van der Waals surface area contributed by atoms with E-state index in [0.717, 1.165) is 32.5 Å². The third kappa shape index (κ3) is 4.90. The summed E-state index contributed by atoms with van der Waals surface area (Å²) in [6.45, 7) is 7.85. The molecule has 2 fully saturated rings. The average Bonchev–Trinajstić information content (AvgIpc) is 2.92. The number of alkyl halides is 3. The van der Waals surface area contributed by atoms with E-state index in [1.165, 1.54) is 4.90 Å². The van der Waals surface area contributed by atoms with Gasteiger partial charge in [-0.05, 0) is 52.2 Å². The van der Waals surface area contributed by atoms with E-state index in [2.05, 4.69) is 24.1 Å². The second-order valence-corrected chi connectivity index (χ2v) is 6.49. The molecule has 2 rings (SSSR count). The lowest BCUT2D eigenvalue weighted by atomic mass is 10.1. The molecule has 2 unspecified atom stereocenters. The van der Waals surface area contributed by atoms with E-state index in [-0.39, 0.29) is 0 Å². The maximum atomic E-state index is 12.3. The minimum absolute atomic E-state index is 0.366. The molecule has 0 aromatic rings. The highest BCUT2D eigenvalue weighted by molar-refractivity contribution is 4.85. The molecule has 118 valence electrons. The van der Waals surface area contributed by atoms with Crippen LogP contribution in [0.1, 0.15) is 26.7 Å². The highest BCUT2D eigenvalue weighted by Gasteiger charge is 2.34. The third-order valence-electron chi connectivity index (χ3n) is 4.42. The SMILES string of the molecule is CC(C)N1CCC(NCC2CCN(CC(F)(F)F)C2)C1. The molecule has 0 radical (unpaired) electrons. The van der Waals surface area contributed by atoms with E-state index in [4.69, 9.17) is 0 Å². The fourth-order valence-electron chi connectivity index (χ4n) is 3.23. The summed E-state index contributed by atoms with van der Waals surface area (Å²) in [6, 6.07) is 1.09. The Morgan fingerprint density at radius 1 is 1.15 bits per heavy atom. The van der Waals surface area contributed by atoms with Crippen molar-refractivity contribution in [1.29, 1.82) is 0 Å². The lowest BCUT2D eigenvalue weighted by Gasteiger charge is -2.21. The number of hydrogen-bond donors (Lipinski definition) is 1. The first kappa shape index (κ1) is 16.0. The van der Waals surface area contributed by atoms with Crippen LogP contribution in [0.15, 0.2) is 0 Å². The molecule has 20 heavy (non-hydrogen) atoms. The van der Waals surface area contributed by atoms with Gasteiger partial charge >= 0.3 is 6.18 Å². The second kappa shape index (κ2) is 6.62. The molecule has 1 N–H and O–H groups in total. The van der Waals surface area contributed by atoms with E-state index in [0.29, 0.717) is 31.1 Å². The number of nitrogens with one attached hydrogen (secondary N) is 1. The van der Waals surface area contributed by atoms with Gasteiger partial charge in [-0.15, -0.1) is 0 Å². The van der Waals surface area contributed by atoms with Crippen LogP contribution in [0.25, 0.3) is 0 Å². The molecule has 0 saturated carbocycles. The number of nitrogens with zero attached hydrogens (tertiary/aromatic N) is 2. The van der Waals surface area contributed by atoms with Gasteiger partial charge in [-0.1, -0.05) is 0 Å². The average molecular weight is 293 g/mol. The smallest absolute Gasteiger partial charge is 0.312 e. The van der Waals surface area contributed by atoms with Crippen molar-refractivity contribution in [3.63, 3.8) is 0 Å². The fourth-order valence-corrected chi connectivity index (χ4v) is 3.23. The predicted octanol–water partition coefficient (Wildman–Crippen LogP) is 1.94. The molecule has 0 amide bonds. The summed E-state index contributed by atoms with van der Waals surface area (Å²) in [7, 11) is 0. The Morgan fingerprint density at radius 2 is 1.90 bits per heavy atom. The molecule has 2 heterocycles. The molecule has 0 aliphatic carbocycles. The number of hydrogen-bond acceptors (Lipinski definition) is 3. The highest BCUT2D eigenvalue weighted by atomic mass is 19.4. The molecule has 0 aromatic carbocycles. The van der Waals surface area contributed by atoms with Crippen molar-refractivity contribution in [1.82, 2.24) is 15.1 Å². The molecule has 3 nitrogen and oxygen atoms in total. The van der Waals surface area contributed by atoms with Gasteiger partial charge in [0.1, 0.15) is 0 Å². The number of rotatable bonds is 5. The lowest BCUT2D eigenvalue weighted by Crippen LogP contribution is -2.38. The van der Waals surface area contributed by atoms with E-state index in [9.17, 15) is 13.2 Å². The Hall–Kier alpha value is -0.330. The van der Waals surface area contributed by atoms with Gasteiger partial charge in [-0.25, -0.2) is 0 Å². The van der Waals surface area contributed by atoms with Crippen molar-refractivity contribution in [2.75, 3.05) is 39.3 Å². The van der Waals surface area contributed by atoms with Crippen LogP contribution >= 0.6 is 0 Å². The zero-order valence-corrected chi connectivity index (χ0v) is 12.4. The Labute approximate surface area is 119 Å². The summed E-state index contributed by atoms with van der Waals surface area (Å²) in [6.07, 6.45) is -2.04. The van der Waals surface area contributed by atoms with Gasteiger partial charge in [0.2, 0.25) is 0 Å². The van der Waals surface area contributed by atoms with E-state index < -0.39 is 12.7 Å². The highest BCUT2D eigenvalue weighted by Crippen LogP contribution is 2.22. The van der Waals surface area contributed by atoms with Crippen molar-refractivity contribution < 1.29 is 13.2 Å². The minimum atomic E-state index is -4.06. The molecule has 0 aromatic heterocycles. The summed E-state index contributed by atoms with van der Waals surface area (Å²) in [5.74, 6) is 0.366. The van der Waals surface area contributed by atoms with Crippen molar-refractivity contribution in [3.8, 4) is 0 Å². The second-order valence-electron chi connectivity index (χ2n) is 6.49. The Balaban J connectivity index is 1.64. The monoisotopic (exact) mass is 293 g/mol. The zero-order chi connectivity index (χ0) is 14.8. The van der Waals surface area contributed by atoms with Crippen LogP contribution in [0.3, 0.4) is 0 Å². The molecule has 2 saturated heterocycles. The molecule has 0 bridgehead atoms. The third-order valence-corrected chi connectivity index (χ3v) is 4.42. The van der Waals surface area contributed by atoms with Crippen LogP contribution < -0.4 is 5.32 Å². The molecular weight excluding hydrogens is 267 g/mol. The van der Waals surface area contributed by atoms with Crippen molar-refractivity contribution >= 4 is 0 Å². The van der Waals surface area contributed by atoms with Crippen LogP contribution in [0.5, 0.6) is 0 Å². The van der Waals surface area contributed by atoms with E-state index in [1.807, 2.05) is 0 Å². The van der Waals surface area contributed by atoms with Crippen molar-refractivity contribution in [3.05, 3.63) is 0 Å². The topological polar surface area (TPSA) is 18.5 Å². The largest absolute Gasteiger partial charge is 0.401 e. The maximum Gasteiger partial charge on any atom is 0.401 e. The Morgan fingerprint density at radius 3 is 2.50 bits per heavy atom. The summed E-state index contributed by atoms with van der Waals surface area (Å²) in [5, 5.41) is 3.54. The van der Waals surface area contributed by atoms with Crippen molar-refractivity contribution in [2.24, 2.45) is 5.92 Å². The lowest BCUT2D eigenvalue weighted by molar-refractivity contribution is -0.143.